The first-order valence-corrected chi connectivity index (χ1v) is 9.25. The molecule has 2 N–H and O–H groups in total. The van der Waals surface area contributed by atoms with E-state index in [4.69, 9.17) is 4.74 Å². The Kier molecular flexibility index (Phi) is 11.3. The summed E-state index contributed by atoms with van der Waals surface area (Å²) < 4.78 is 5.69. The Morgan fingerprint density at radius 1 is 1.30 bits per heavy atom. The fourth-order valence-electron chi connectivity index (χ4n) is 2.31. The van der Waals surface area contributed by atoms with E-state index in [1.54, 1.807) is 0 Å². The molecule has 1 heterocycles. The second kappa shape index (κ2) is 12.8. The Morgan fingerprint density at radius 2 is 2.13 bits per heavy atom. The van der Waals surface area contributed by atoms with Crippen LogP contribution >= 0.6 is 35.7 Å². The number of nitrogens with zero attached hydrogens (tertiary/aromatic N) is 1. The standard InChI is InChI=1S/C17H27N3OS.HI/c1-2-18-17(20-14-16-10-6-13-22-16)19-11-7-12-21-15-8-4-3-5-9-15;/h3-5,8-9,16H,2,6-7,10-14H2,1H3,(H2,18,19,20);1H. The molecule has 1 saturated heterocycles. The van der Waals surface area contributed by atoms with Gasteiger partial charge in [-0.2, -0.15) is 11.8 Å². The first-order valence-electron chi connectivity index (χ1n) is 8.20. The molecule has 0 aliphatic carbocycles. The number of guanidine groups is 1. The van der Waals surface area contributed by atoms with Gasteiger partial charge >= 0.3 is 0 Å². The minimum Gasteiger partial charge on any atom is -0.494 e. The number of halogens is 1. The number of benzene rings is 1. The lowest BCUT2D eigenvalue weighted by Crippen LogP contribution is -2.38. The highest BCUT2D eigenvalue weighted by atomic mass is 127. The summed E-state index contributed by atoms with van der Waals surface area (Å²) in [5, 5.41) is 7.39. The lowest BCUT2D eigenvalue weighted by molar-refractivity contribution is 0.311. The third-order valence-corrected chi connectivity index (χ3v) is 4.83. The predicted octanol–water partition coefficient (Wildman–Crippen LogP) is 3.52. The van der Waals surface area contributed by atoms with Crippen molar-refractivity contribution in [1.82, 2.24) is 10.6 Å². The second-order valence-corrected chi connectivity index (χ2v) is 6.70. The van der Waals surface area contributed by atoms with Gasteiger partial charge in [-0.3, -0.25) is 4.99 Å². The van der Waals surface area contributed by atoms with Crippen LogP contribution in [0.25, 0.3) is 0 Å². The predicted molar refractivity (Wildman–Crippen MR) is 111 cm³/mol. The Balaban J connectivity index is 0.00000264. The molecule has 0 saturated carbocycles. The van der Waals surface area contributed by atoms with Crippen molar-refractivity contribution in [3.63, 3.8) is 0 Å². The maximum atomic E-state index is 5.69. The molecule has 1 unspecified atom stereocenters. The molecule has 2 rings (SSSR count). The van der Waals surface area contributed by atoms with Crippen LogP contribution in [0.3, 0.4) is 0 Å². The van der Waals surface area contributed by atoms with Crippen molar-refractivity contribution in [2.75, 3.05) is 32.0 Å². The van der Waals surface area contributed by atoms with E-state index in [9.17, 15) is 0 Å². The van der Waals surface area contributed by atoms with E-state index in [2.05, 4.69) is 22.5 Å². The number of para-hydroxylation sites is 1. The largest absolute Gasteiger partial charge is 0.494 e. The highest BCUT2D eigenvalue weighted by molar-refractivity contribution is 14.0. The van der Waals surface area contributed by atoms with Crippen LogP contribution in [0.5, 0.6) is 5.75 Å². The molecule has 1 aromatic rings. The van der Waals surface area contributed by atoms with Crippen LogP contribution in [0.2, 0.25) is 0 Å². The molecular weight excluding hydrogens is 421 g/mol. The third kappa shape index (κ3) is 8.69. The molecule has 1 fully saturated rings. The van der Waals surface area contributed by atoms with Gasteiger partial charge in [-0.15, -0.1) is 24.0 Å². The maximum Gasteiger partial charge on any atom is 0.191 e. The smallest absolute Gasteiger partial charge is 0.191 e. The van der Waals surface area contributed by atoms with Gasteiger partial charge in [-0.25, -0.2) is 0 Å². The van der Waals surface area contributed by atoms with E-state index in [1.165, 1.54) is 18.6 Å². The first kappa shape index (κ1) is 20.4. The molecule has 4 nitrogen and oxygen atoms in total. The molecule has 0 amide bonds. The Bertz CT molecular complexity index is 439. The van der Waals surface area contributed by atoms with Crippen molar-refractivity contribution in [2.45, 2.75) is 31.4 Å². The highest BCUT2D eigenvalue weighted by Gasteiger charge is 2.14. The maximum absolute atomic E-state index is 5.69. The molecular formula is C17H28IN3OS. The zero-order chi connectivity index (χ0) is 15.5. The van der Waals surface area contributed by atoms with E-state index in [-0.39, 0.29) is 24.0 Å². The summed E-state index contributed by atoms with van der Waals surface area (Å²) in [7, 11) is 0. The summed E-state index contributed by atoms with van der Waals surface area (Å²) in [6.45, 7) is 5.50. The average molecular weight is 449 g/mol. The van der Waals surface area contributed by atoms with Gasteiger partial charge in [0, 0.05) is 18.3 Å². The molecule has 1 aromatic carbocycles. The van der Waals surface area contributed by atoms with Gasteiger partial charge in [0.15, 0.2) is 5.96 Å². The minimum absolute atomic E-state index is 0. The SMILES string of the molecule is CCNC(=NCC1CCCS1)NCCCOc1ccccc1.I. The van der Waals surface area contributed by atoms with E-state index < -0.39 is 0 Å². The Morgan fingerprint density at radius 3 is 2.83 bits per heavy atom. The third-order valence-electron chi connectivity index (χ3n) is 3.45. The second-order valence-electron chi connectivity index (χ2n) is 5.30. The van der Waals surface area contributed by atoms with E-state index >= 15 is 0 Å². The first-order chi connectivity index (χ1) is 10.9. The Hall–Kier alpha value is -0.630. The number of hydrogen-bond acceptors (Lipinski definition) is 3. The van der Waals surface area contributed by atoms with Gasteiger partial charge in [0.1, 0.15) is 5.75 Å². The fourth-order valence-corrected chi connectivity index (χ4v) is 3.49. The molecule has 0 radical (unpaired) electrons. The van der Waals surface area contributed by atoms with Crippen LogP contribution in [0.1, 0.15) is 26.2 Å². The molecule has 0 spiro atoms. The van der Waals surface area contributed by atoms with Crippen LogP contribution in [-0.2, 0) is 0 Å². The van der Waals surface area contributed by atoms with Crippen molar-refractivity contribution in [3.05, 3.63) is 30.3 Å². The average Bonchev–Trinajstić information content (AvgIpc) is 3.06. The van der Waals surface area contributed by atoms with Gasteiger partial charge in [0.05, 0.1) is 13.2 Å². The summed E-state index contributed by atoms with van der Waals surface area (Å²) in [6.07, 6.45) is 3.60. The summed E-state index contributed by atoms with van der Waals surface area (Å²) in [4.78, 5) is 4.68. The molecule has 1 aliphatic heterocycles. The number of hydrogen-bond donors (Lipinski definition) is 2. The van der Waals surface area contributed by atoms with Crippen molar-refractivity contribution in [1.29, 1.82) is 0 Å². The van der Waals surface area contributed by atoms with Crippen molar-refractivity contribution in [2.24, 2.45) is 4.99 Å². The quantitative estimate of drug-likeness (QED) is 0.276. The van der Waals surface area contributed by atoms with Gasteiger partial charge < -0.3 is 15.4 Å². The van der Waals surface area contributed by atoms with Crippen molar-refractivity contribution in [3.8, 4) is 5.75 Å². The van der Waals surface area contributed by atoms with Gasteiger partial charge in [-0.1, -0.05) is 18.2 Å². The molecule has 130 valence electrons. The summed E-state index contributed by atoms with van der Waals surface area (Å²) in [6, 6.07) is 9.95. The normalized spacial score (nSPS) is 17.4. The summed E-state index contributed by atoms with van der Waals surface area (Å²) >= 11 is 2.05. The molecule has 1 atom stereocenters. The molecule has 0 bridgehead atoms. The number of aliphatic imine (C=N–C) groups is 1. The van der Waals surface area contributed by atoms with Gasteiger partial charge in [-0.05, 0) is 44.1 Å². The van der Waals surface area contributed by atoms with Crippen LogP contribution in [0.15, 0.2) is 35.3 Å². The van der Waals surface area contributed by atoms with E-state index in [0.717, 1.165) is 44.4 Å². The molecule has 6 heteroatoms. The van der Waals surface area contributed by atoms with Gasteiger partial charge in [0.25, 0.3) is 0 Å². The zero-order valence-corrected chi connectivity index (χ0v) is 16.9. The highest BCUT2D eigenvalue weighted by Crippen LogP contribution is 2.25. The summed E-state index contributed by atoms with van der Waals surface area (Å²) in [5.74, 6) is 3.15. The molecule has 23 heavy (non-hydrogen) atoms. The van der Waals surface area contributed by atoms with E-state index in [0.29, 0.717) is 5.25 Å². The van der Waals surface area contributed by atoms with Crippen LogP contribution in [0.4, 0.5) is 0 Å². The number of nitrogens with one attached hydrogen (secondary N) is 2. The molecule has 1 aliphatic rings. The number of ether oxygens (including phenoxy) is 1. The summed E-state index contributed by atoms with van der Waals surface area (Å²) in [5.41, 5.74) is 0. The monoisotopic (exact) mass is 449 g/mol. The van der Waals surface area contributed by atoms with Crippen LogP contribution in [0, 0.1) is 0 Å². The van der Waals surface area contributed by atoms with Crippen LogP contribution < -0.4 is 15.4 Å². The topological polar surface area (TPSA) is 45.7 Å². The fraction of sp³-hybridized carbons (Fsp3) is 0.588. The Labute approximate surface area is 161 Å². The van der Waals surface area contributed by atoms with Crippen molar-refractivity contribution >= 4 is 41.7 Å². The lowest BCUT2D eigenvalue weighted by atomic mass is 10.2. The van der Waals surface area contributed by atoms with Gasteiger partial charge in [0.2, 0.25) is 0 Å². The van der Waals surface area contributed by atoms with E-state index in [1.807, 2.05) is 42.1 Å². The lowest BCUT2D eigenvalue weighted by Gasteiger charge is -2.13. The zero-order valence-electron chi connectivity index (χ0n) is 13.8. The number of rotatable bonds is 8. The minimum atomic E-state index is 0. The number of thioether (sulfide) groups is 1. The molecule has 0 aromatic heterocycles. The van der Waals surface area contributed by atoms with Crippen LogP contribution in [-0.4, -0.2) is 43.2 Å². The van der Waals surface area contributed by atoms with Crippen molar-refractivity contribution < 1.29 is 4.74 Å².